The van der Waals surface area contributed by atoms with E-state index in [4.69, 9.17) is 5.14 Å². The van der Waals surface area contributed by atoms with E-state index < -0.39 is 10.0 Å². The molecule has 0 spiro atoms. The van der Waals surface area contributed by atoms with Crippen molar-refractivity contribution in [3.63, 3.8) is 0 Å². The minimum absolute atomic E-state index is 0.0252. The third-order valence-electron chi connectivity index (χ3n) is 3.56. The second-order valence-corrected chi connectivity index (χ2v) is 7.64. The summed E-state index contributed by atoms with van der Waals surface area (Å²) in [4.78, 5) is 18.3. The van der Waals surface area contributed by atoms with Crippen molar-refractivity contribution in [1.82, 2.24) is 4.98 Å². The summed E-state index contributed by atoms with van der Waals surface area (Å²) in [5.74, 6) is 0.260. The lowest BCUT2D eigenvalue weighted by molar-refractivity contribution is -0.116. The van der Waals surface area contributed by atoms with E-state index in [1.165, 1.54) is 17.8 Å². The van der Waals surface area contributed by atoms with Crippen LogP contribution in [0.25, 0.3) is 0 Å². The zero-order chi connectivity index (χ0) is 16.4. The van der Waals surface area contributed by atoms with Crippen molar-refractivity contribution in [3.8, 4) is 0 Å². The zero-order valence-corrected chi connectivity index (χ0v) is 13.8. The average Bonchev–Trinajstić information content (AvgIpc) is 2.96. The van der Waals surface area contributed by atoms with E-state index >= 15 is 0 Å². The van der Waals surface area contributed by atoms with Crippen molar-refractivity contribution in [2.45, 2.75) is 16.3 Å². The maximum atomic E-state index is 12.4. The number of benzene rings is 1. The minimum atomic E-state index is -3.72. The molecule has 0 aliphatic carbocycles. The molecule has 2 N–H and O–H groups in total. The van der Waals surface area contributed by atoms with Gasteiger partial charge in [-0.1, -0.05) is 17.8 Å². The predicted molar refractivity (Wildman–Crippen MR) is 88.8 cm³/mol. The van der Waals surface area contributed by atoms with Crippen LogP contribution in [0.3, 0.4) is 0 Å². The van der Waals surface area contributed by atoms with Gasteiger partial charge in [0.1, 0.15) is 0 Å². The monoisotopic (exact) mass is 349 g/mol. The molecule has 0 saturated carbocycles. The smallest absolute Gasteiger partial charge is 0.238 e. The number of fused-ring (bicyclic) bond motifs is 1. The number of nitrogens with two attached hydrogens (primary N) is 1. The van der Waals surface area contributed by atoms with E-state index in [0.29, 0.717) is 13.0 Å². The fourth-order valence-electron chi connectivity index (χ4n) is 2.46. The Hall–Kier alpha value is -1.90. The number of pyridine rings is 1. The van der Waals surface area contributed by atoms with Gasteiger partial charge in [0.15, 0.2) is 0 Å². The normalized spacial score (nSPS) is 13.9. The van der Waals surface area contributed by atoms with Crippen LogP contribution >= 0.6 is 11.8 Å². The zero-order valence-electron chi connectivity index (χ0n) is 12.2. The first-order valence-corrected chi connectivity index (χ1v) is 9.48. The number of sulfonamides is 1. The van der Waals surface area contributed by atoms with Gasteiger partial charge in [-0.05, 0) is 42.3 Å². The molecule has 0 atom stereocenters. The number of carbonyl (C=O) groups excluding carboxylic acids is 1. The number of primary sulfonamides is 1. The van der Waals surface area contributed by atoms with Gasteiger partial charge < -0.3 is 4.90 Å². The van der Waals surface area contributed by atoms with Gasteiger partial charge in [0.2, 0.25) is 15.9 Å². The molecule has 1 aromatic carbocycles. The molecule has 1 amide bonds. The van der Waals surface area contributed by atoms with Crippen molar-refractivity contribution >= 4 is 33.4 Å². The number of amides is 1. The molecule has 1 aliphatic rings. The molecule has 2 heterocycles. The van der Waals surface area contributed by atoms with Gasteiger partial charge in [-0.25, -0.2) is 18.5 Å². The molecule has 120 valence electrons. The summed E-state index contributed by atoms with van der Waals surface area (Å²) in [7, 11) is -3.72. The van der Waals surface area contributed by atoms with E-state index in [2.05, 4.69) is 4.98 Å². The van der Waals surface area contributed by atoms with Crippen LogP contribution < -0.4 is 10.0 Å². The fourth-order valence-corrected chi connectivity index (χ4v) is 3.76. The highest BCUT2D eigenvalue weighted by Crippen LogP contribution is 2.30. The van der Waals surface area contributed by atoms with Crippen molar-refractivity contribution in [3.05, 3.63) is 48.2 Å². The highest BCUT2D eigenvalue weighted by Gasteiger charge is 2.25. The van der Waals surface area contributed by atoms with Crippen LogP contribution in [0, 0.1) is 0 Å². The Morgan fingerprint density at radius 3 is 2.83 bits per heavy atom. The van der Waals surface area contributed by atoms with Gasteiger partial charge in [0.25, 0.3) is 0 Å². The maximum Gasteiger partial charge on any atom is 0.238 e. The quantitative estimate of drug-likeness (QED) is 0.843. The van der Waals surface area contributed by atoms with Crippen molar-refractivity contribution in [2.24, 2.45) is 5.14 Å². The second kappa shape index (κ2) is 6.31. The molecular formula is C15H15N3O3S2. The van der Waals surface area contributed by atoms with Crippen LogP contribution in [0.4, 0.5) is 5.69 Å². The summed E-state index contributed by atoms with van der Waals surface area (Å²) in [5.41, 5.74) is 1.58. The number of anilines is 1. The molecule has 1 aliphatic heterocycles. The minimum Gasteiger partial charge on any atom is -0.311 e. The summed E-state index contributed by atoms with van der Waals surface area (Å²) in [6, 6.07) is 10.2. The lowest BCUT2D eigenvalue weighted by atomic mass is 10.2. The van der Waals surface area contributed by atoms with Crippen LogP contribution in [0.2, 0.25) is 0 Å². The molecule has 6 nitrogen and oxygen atoms in total. The number of nitrogens with zero attached hydrogens (tertiary/aromatic N) is 2. The third kappa shape index (κ3) is 3.54. The van der Waals surface area contributed by atoms with E-state index in [1.54, 1.807) is 23.2 Å². The molecule has 3 rings (SSSR count). The summed E-state index contributed by atoms with van der Waals surface area (Å²) in [5, 5.41) is 5.93. The average molecular weight is 349 g/mol. The van der Waals surface area contributed by atoms with Crippen LogP contribution in [0.15, 0.2) is 52.5 Å². The molecular weight excluding hydrogens is 334 g/mol. The van der Waals surface area contributed by atoms with E-state index in [1.807, 2.05) is 18.2 Å². The first-order valence-electron chi connectivity index (χ1n) is 6.95. The highest BCUT2D eigenvalue weighted by atomic mass is 32.2. The third-order valence-corrected chi connectivity index (χ3v) is 5.40. The van der Waals surface area contributed by atoms with Crippen LogP contribution in [0.1, 0.15) is 5.56 Å². The second-order valence-electron chi connectivity index (χ2n) is 5.09. The summed E-state index contributed by atoms with van der Waals surface area (Å²) < 4.78 is 22.8. The van der Waals surface area contributed by atoms with Gasteiger partial charge in [0.05, 0.1) is 15.7 Å². The van der Waals surface area contributed by atoms with E-state index in [0.717, 1.165) is 16.3 Å². The highest BCUT2D eigenvalue weighted by molar-refractivity contribution is 7.99. The molecule has 1 aromatic heterocycles. The largest absolute Gasteiger partial charge is 0.311 e. The lowest BCUT2D eigenvalue weighted by Crippen LogP contribution is -2.30. The summed E-state index contributed by atoms with van der Waals surface area (Å²) in [6.45, 7) is 0.547. The van der Waals surface area contributed by atoms with Crippen LogP contribution in [-0.4, -0.2) is 31.6 Å². The first kappa shape index (κ1) is 16.0. The standard InChI is InChI=1S/C15H15N3O3S2/c16-23(20,21)12-4-5-13-11(9-12)6-8-18(13)15(19)10-22-14-3-1-2-7-17-14/h1-5,7,9H,6,8,10H2,(H2,16,20,21). The molecule has 0 unspecified atom stereocenters. The topological polar surface area (TPSA) is 93.4 Å². The van der Waals surface area contributed by atoms with Gasteiger partial charge in [-0.2, -0.15) is 0 Å². The number of rotatable bonds is 4. The Kier molecular flexibility index (Phi) is 4.38. The number of aromatic nitrogens is 1. The number of hydrogen-bond donors (Lipinski definition) is 1. The summed E-state index contributed by atoms with van der Waals surface area (Å²) >= 11 is 1.38. The molecule has 23 heavy (non-hydrogen) atoms. The molecule has 0 fully saturated rings. The summed E-state index contributed by atoms with van der Waals surface area (Å²) in [6.07, 6.45) is 2.31. The maximum absolute atomic E-state index is 12.4. The molecule has 8 heteroatoms. The van der Waals surface area contributed by atoms with E-state index in [9.17, 15) is 13.2 Å². The molecule has 0 saturated heterocycles. The fraction of sp³-hybridized carbons (Fsp3) is 0.200. The van der Waals surface area contributed by atoms with Gasteiger partial charge in [-0.15, -0.1) is 0 Å². The van der Waals surface area contributed by atoms with E-state index in [-0.39, 0.29) is 16.6 Å². The predicted octanol–water partition coefficient (Wildman–Crippen LogP) is 1.41. The molecule has 0 bridgehead atoms. The van der Waals surface area contributed by atoms with Crippen LogP contribution in [-0.2, 0) is 21.2 Å². The Balaban J connectivity index is 1.73. The SMILES string of the molecule is NS(=O)(=O)c1ccc2c(c1)CCN2C(=O)CSc1ccccn1. The Morgan fingerprint density at radius 2 is 2.13 bits per heavy atom. The first-order chi connectivity index (χ1) is 10.9. The molecule has 2 aromatic rings. The van der Waals surface area contributed by atoms with Gasteiger partial charge in [-0.3, -0.25) is 4.79 Å². The lowest BCUT2D eigenvalue weighted by Gasteiger charge is -2.17. The molecule has 0 radical (unpaired) electrons. The van der Waals surface area contributed by atoms with Crippen molar-refractivity contribution in [1.29, 1.82) is 0 Å². The van der Waals surface area contributed by atoms with Crippen molar-refractivity contribution in [2.75, 3.05) is 17.2 Å². The van der Waals surface area contributed by atoms with Gasteiger partial charge in [0, 0.05) is 18.4 Å². The number of thioether (sulfide) groups is 1. The number of hydrogen-bond acceptors (Lipinski definition) is 5. The van der Waals surface area contributed by atoms with Crippen molar-refractivity contribution < 1.29 is 13.2 Å². The number of carbonyl (C=O) groups is 1. The van der Waals surface area contributed by atoms with Crippen LogP contribution in [0.5, 0.6) is 0 Å². The Labute approximate surface area is 138 Å². The Bertz CT molecular complexity index is 838. The van der Waals surface area contributed by atoms with Gasteiger partial charge >= 0.3 is 0 Å². The Morgan fingerprint density at radius 1 is 1.30 bits per heavy atom.